The Labute approximate surface area is 188 Å². The summed E-state index contributed by atoms with van der Waals surface area (Å²) in [4.78, 5) is 28.3. The van der Waals surface area contributed by atoms with Crippen molar-refractivity contribution >= 4 is 22.7 Å². The second-order valence-corrected chi connectivity index (χ2v) is 8.09. The zero-order valence-corrected chi connectivity index (χ0v) is 18.0. The molecule has 1 heterocycles. The summed E-state index contributed by atoms with van der Waals surface area (Å²) in [7, 11) is 0. The monoisotopic (exact) mass is 426 g/mol. The van der Waals surface area contributed by atoms with E-state index in [1.165, 1.54) is 5.01 Å². The first kappa shape index (κ1) is 21.4. The fourth-order valence-corrected chi connectivity index (χ4v) is 4.03. The van der Waals surface area contributed by atoms with E-state index >= 15 is 0 Å². The Morgan fingerprint density at radius 3 is 2.41 bits per heavy atom. The van der Waals surface area contributed by atoms with Gasteiger partial charge in [-0.3, -0.25) is 10.2 Å². The average molecular weight is 427 g/mol. The molecule has 0 radical (unpaired) electrons. The number of hydrogen-bond acceptors (Lipinski definition) is 3. The first-order chi connectivity index (χ1) is 15.6. The van der Waals surface area contributed by atoms with Crippen molar-refractivity contribution in [1.29, 1.82) is 5.26 Å². The number of hydrazine groups is 1. The van der Waals surface area contributed by atoms with Crippen LogP contribution in [0.3, 0.4) is 0 Å². The maximum absolute atomic E-state index is 13.4. The van der Waals surface area contributed by atoms with Gasteiger partial charge in [0, 0.05) is 18.7 Å². The van der Waals surface area contributed by atoms with Crippen LogP contribution in [0, 0.1) is 11.3 Å². The predicted molar refractivity (Wildman–Crippen MR) is 124 cm³/mol. The van der Waals surface area contributed by atoms with Crippen LogP contribution in [0.4, 0.5) is 4.79 Å². The molecule has 1 aliphatic rings. The van der Waals surface area contributed by atoms with E-state index in [4.69, 9.17) is 0 Å². The minimum Gasteiger partial charge on any atom is -0.323 e. The molecule has 1 saturated heterocycles. The average Bonchev–Trinajstić information content (AvgIpc) is 3.12. The Morgan fingerprint density at radius 2 is 1.66 bits per heavy atom. The highest BCUT2D eigenvalue weighted by molar-refractivity contribution is 5.99. The second-order valence-electron chi connectivity index (χ2n) is 8.09. The highest BCUT2D eigenvalue weighted by Crippen LogP contribution is 2.17. The molecule has 0 bridgehead atoms. The molecule has 32 heavy (non-hydrogen) atoms. The normalized spacial score (nSPS) is 13.8. The summed E-state index contributed by atoms with van der Waals surface area (Å²) >= 11 is 0. The number of urea groups is 1. The quantitative estimate of drug-likeness (QED) is 0.608. The van der Waals surface area contributed by atoms with Crippen LogP contribution < -0.4 is 5.43 Å². The third-order valence-electron chi connectivity index (χ3n) is 5.75. The van der Waals surface area contributed by atoms with Gasteiger partial charge in [-0.2, -0.15) is 5.26 Å². The number of hydrogen-bond donors (Lipinski definition) is 1. The molecule has 0 aromatic heterocycles. The molecule has 1 N–H and O–H groups in total. The van der Waals surface area contributed by atoms with E-state index in [0.29, 0.717) is 24.2 Å². The largest absolute Gasteiger partial charge is 0.339 e. The lowest BCUT2D eigenvalue weighted by molar-refractivity contribution is 0.0768. The molecule has 6 nitrogen and oxygen atoms in total. The molecule has 0 saturated carbocycles. The van der Waals surface area contributed by atoms with Crippen molar-refractivity contribution in [2.45, 2.75) is 32.2 Å². The molecule has 4 rings (SSSR count). The molecule has 3 aromatic carbocycles. The van der Waals surface area contributed by atoms with E-state index in [1.807, 2.05) is 47.4 Å². The van der Waals surface area contributed by atoms with Crippen molar-refractivity contribution in [3.8, 4) is 6.07 Å². The minimum absolute atomic E-state index is 0.185. The number of carbonyl (C=O) groups is 2. The summed E-state index contributed by atoms with van der Waals surface area (Å²) in [6, 6.07) is 22.3. The standard InChI is InChI=1S/C26H26N4O2/c27-18-20-8-7-9-21(16-20)19-30(26(32)29-14-5-1-2-6-15-29)28-25(31)24-13-12-22-10-3-4-11-23(22)17-24/h3-4,7-13,16-17H,1-2,5-6,14-15,19H2,(H,28,31). The Hall–Kier alpha value is -3.85. The molecule has 162 valence electrons. The van der Waals surface area contributed by atoms with Gasteiger partial charge in [-0.05, 0) is 53.4 Å². The number of likely N-dealkylation sites (tertiary alicyclic amines) is 1. The third kappa shape index (κ3) is 5.06. The Bertz CT molecular complexity index is 1160. The Morgan fingerprint density at radius 1 is 0.906 bits per heavy atom. The van der Waals surface area contributed by atoms with Gasteiger partial charge in [-0.15, -0.1) is 0 Å². The van der Waals surface area contributed by atoms with Crippen molar-refractivity contribution in [3.63, 3.8) is 0 Å². The summed E-state index contributed by atoms with van der Waals surface area (Å²) in [5.41, 5.74) is 4.61. The van der Waals surface area contributed by atoms with Crippen molar-refractivity contribution in [2.24, 2.45) is 0 Å². The molecule has 0 aliphatic carbocycles. The molecule has 0 spiro atoms. The number of amides is 3. The van der Waals surface area contributed by atoms with Crippen molar-refractivity contribution in [3.05, 3.63) is 83.4 Å². The molecule has 3 amide bonds. The van der Waals surface area contributed by atoms with E-state index in [2.05, 4.69) is 11.5 Å². The summed E-state index contributed by atoms with van der Waals surface area (Å²) < 4.78 is 0. The number of benzene rings is 3. The summed E-state index contributed by atoms with van der Waals surface area (Å²) in [6.07, 6.45) is 4.14. The highest BCUT2D eigenvalue weighted by Gasteiger charge is 2.24. The zero-order valence-electron chi connectivity index (χ0n) is 18.0. The first-order valence-corrected chi connectivity index (χ1v) is 11.0. The lowest BCUT2D eigenvalue weighted by atomic mass is 10.1. The van der Waals surface area contributed by atoms with E-state index in [-0.39, 0.29) is 18.5 Å². The molecule has 3 aromatic rings. The van der Waals surface area contributed by atoms with E-state index in [1.54, 1.807) is 24.3 Å². The van der Waals surface area contributed by atoms with E-state index in [0.717, 1.165) is 42.0 Å². The number of nitrogens with zero attached hydrogens (tertiary/aromatic N) is 3. The fourth-order valence-electron chi connectivity index (χ4n) is 4.03. The van der Waals surface area contributed by atoms with Crippen LogP contribution in [0.5, 0.6) is 0 Å². The maximum atomic E-state index is 13.4. The lowest BCUT2D eigenvalue weighted by Gasteiger charge is -2.30. The van der Waals surface area contributed by atoms with Gasteiger partial charge in [0.25, 0.3) is 5.91 Å². The van der Waals surface area contributed by atoms with Crippen molar-refractivity contribution in [2.75, 3.05) is 13.1 Å². The van der Waals surface area contributed by atoms with E-state index in [9.17, 15) is 14.9 Å². The molecule has 1 fully saturated rings. The molecule has 0 unspecified atom stereocenters. The molecule has 1 aliphatic heterocycles. The highest BCUT2D eigenvalue weighted by atomic mass is 16.2. The van der Waals surface area contributed by atoms with Gasteiger partial charge in [0.15, 0.2) is 0 Å². The van der Waals surface area contributed by atoms with Crippen LogP contribution in [0.1, 0.15) is 47.2 Å². The SMILES string of the molecule is N#Cc1cccc(CN(NC(=O)c2ccc3ccccc3c2)C(=O)N2CCCCCC2)c1. The van der Waals surface area contributed by atoms with Gasteiger partial charge in [-0.1, -0.05) is 55.3 Å². The predicted octanol–water partition coefficient (Wildman–Crippen LogP) is 4.85. The van der Waals surface area contributed by atoms with Crippen LogP contribution in [0.2, 0.25) is 0 Å². The number of rotatable bonds is 3. The lowest BCUT2D eigenvalue weighted by Crippen LogP contribution is -2.51. The van der Waals surface area contributed by atoms with E-state index < -0.39 is 0 Å². The van der Waals surface area contributed by atoms with Gasteiger partial charge in [0.05, 0.1) is 18.2 Å². The molecular formula is C26H26N4O2. The molecule has 6 heteroatoms. The Kier molecular flexibility index (Phi) is 6.66. The van der Waals surface area contributed by atoms with Gasteiger partial charge in [0.1, 0.15) is 0 Å². The van der Waals surface area contributed by atoms with Crippen LogP contribution >= 0.6 is 0 Å². The van der Waals surface area contributed by atoms with Crippen LogP contribution in [-0.2, 0) is 6.54 Å². The molecular weight excluding hydrogens is 400 g/mol. The van der Waals surface area contributed by atoms with Crippen LogP contribution in [0.25, 0.3) is 10.8 Å². The van der Waals surface area contributed by atoms with Gasteiger partial charge in [0.2, 0.25) is 0 Å². The van der Waals surface area contributed by atoms with Crippen molar-refractivity contribution in [1.82, 2.24) is 15.3 Å². The minimum atomic E-state index is -0.338. The number of nitrogens with one attached hydrogen (secondary N) is 1. The summed E-state index contributed by atoms with van der Waals surface area (Å²) in [5.74, 6) is -0.338. The van der Waals surface area contributed by atoms with Gasteiger partial charge in [-0.25, -0.2) is 9.80 Å². The first-order valence-electron chi connectivity index (χ1n) is 11.0. The zero-order chi connectivity index (χ0) is 22.3. The molecule has 0 atom stereocenters. The van der Waals surface area contributed by atoms with Gasteiger partial charge >= 0.3 is 6.03 Å². The smallest absolute Gasteiger partial charge is 0.323 e. The van der Waals surface area contributed by atoms with Crippen LogP contribution in [-0.4, -0.2) is 34.9 Å². The number of carbonyl (C=O) groups excluding carboxylic acids is 2. The van der Waals surface area contributed by atoms with Crippen LogP contribution in [0.15, 0.2) is 66.7 Å². The second kappa shape index (κ2) is 9.97. The van der Waals surface area contributed by atoms with Gasteiger partial charge < -0.3 is 4.90 Å². The fraction of sp³-hybridized carbons (Fsp3) is 0.269. The Balaban J connectivity index is 1.58. The number of fused-ring (bicyclic) bond motifs is 1. The third-order valence-corrected chi connectivity index (χ3v) is 5.75. The summed E-state index contributed by atoms with van der Waals surface area (Å²) in [5, 5.41) is 12.6. The maximum Gasteiger partial charge on any atom is 0.339 e. The topological polar surface area (TPSA) is 76.4 Å². The summed E-state index contributed by atoms with van der Waals surface area (Å²) in [6.45, 7) is 1.54. The van der Waals surface area contributed by atoms with Crippen molar-refractivity contribution < 1.29 is 9.59 Å². The number of nitriles is 1.